The molecule has 3 rings (SSSR count). The molecule has 0 radical (unpaired) electrons. The first-order valence-corrected chi connectivity index (χ1v) is 7.86. The zero-order valence-electron chi connectivity index (χ0n) is 13.9. The Morgan fingerprint density at radius 3 is 2.62 bits per heavy atom. The summed E-state index contributed by atoms with van der Waals surface area (Å²) >= 11 is 0. The topological polar surface area (TPSA) is 59.3 Å². The summed E-state index contributed by atoms with van der Waals surface area (Å²) in [6.07, 6.45) is 0. The minimum atomic E-state index is -0.626. The maximum atomic E-state index is 12.5. The molecule has 1 heterocycles. The molecule has 1 amide bonds. The van der Waals surface area contributed by atoms with E-state index < -0.39 is 11.5 Å². The van der Waals surface area contributed by atoms with E-state index in [0.29, 0.717) is 5.58 Å². The van der Waals surface area contributed by atoms with Crippen LogP contribution in [0.15, 0.2) is 57.7 Å². The van der Waals surface area contributed by atoms with Crippen LogP contribution in [0.25, 0.3) is 11.0 Å². The van der Waals surface area contributed by atoms with Crippen LogP contribution in [0, 0.1) is 13.8 Å². The Morgan fingerprint density at radius 1 is 1.08 bits per heavy atom. The minimum absolute atomic E-state index is 0.0193. The van der Waals surface area contributed by atoms with Gasteiger partial charge in [0.15, 0.2) is 0 Å². The summed E-state index contributed by atoms with van der Waals surface area (Å²) in [4.78, 5) is 24.6. The monoisotopic (exact) mass is 321 g/mol. The first kappa shape index (κ1) is 16.0. The van der Waals surface area contributed by atoms with Gasteiger partial charge in [-0.15, -0.1) is 0 Å². The number of amides is 1. The van der Waals surface area contributed by atoms with Gasteiger partial charge in [-0.2, -0.15) is 0 Å². The van der Waals surface area contributed by atoms with E-state index in [0.717, 1.165) is 22.1 Å². The second kappa shape index (κ2) is 6.32. The number of hydrogen-bond acceptors (Lipinski definition) is 3. The fraction of sp³-hybridized carbons (Fsp3) is 0.200. The van der Waals surface area contributed by atoms with Crippen LogP contribution in [-0.2, 0) is 0 Å². The maximum absolute atomic E-state index is 12.5. The summed E-state index contributed by atoms with van der Waals surface area (Å²) in [6, 6.07) is 14.6. The molecule has 1 aromatic heterocycles. The number of hydrogen-bond donors (Lipinski definition) is 1. The summed E-state index contributed by atoms with van der Waals surface area (Å²) in [5.41, 5.74) is 3.13. The molecule has 0 bridgehead atoms. The molecule has 4 heteroatoms. The van der Waals surface area contributed by atoms with Gasteiger partial charge in [0, 0.05) is 5.39 Å². The van der Waals surface area contributed by atoms with Gasteiger partial charge in [-0.3, -0.25) is 4.79 Å². The first-order valence-electron chi connectivity index (χ1n) is 7.86. The molecule has 1 atom stereocenters. The Kier molecular flexibility index (Phi) is 4.21. The lowest BCUT2D eigenvalue weighted by Gasteiger charge is -2.17. The van der Waals surface area contributed by atoms with Gasteiger partial charge < -0.3 is 9.73 Å². The summed E-state index contributed by atoms with van der Waals surface area (Å²) in [7, 11) is 0. The normalized spacial score (nSPS) is 12.1. The van der Waals surface area contributed by atoms with Crippen molar-refractivity contribution < 1.29 is 9.21 Å². The average molecular weight is 321 g/mol. The van der Waals surface area contributed by atoms with E-state index in [2.05, 4.69) is 5.32 Å². The molecular weight excluding hydrogens is 302 g/mol. The largest absolute Gasteiger partial charge is 0.422 e. The molecule has 0 spiro atoms. The van der Waals surface area contributed by atoms with Crippen molar-refractivity contribution in [1.29, 1.82) is 0 Å². The van der Waals surface area contributed by atoms with Gasteiger partial charge in [-0.05, 0) is 44.0 Å². The van der Waals surface area contributed by atoms with Gasteiger partial charge in [0.1, 0.15) is 11.1 Å². The van der Waals surface area contributed by atoms with E-state index in [9.17, 15) is 9.59 Å². The number of para-hydroxylation sites is 1. The van der Waals surface area contributed by atoms with E-state index in [1.54, 1.807) is 18.2 Å². The Bertz CT molecular complexity index is 972. The predicted octanol–water partition coefficient (Wildman–Crippen LogP) is 3.90. The van der Waals surface area contributed by atoms with E-state index in [4.69, 9.17) is 4.42 Å². The van der Waals surface area contributed by atoms with E-state index in [1.807, 2.05) is 51.1 Å². The average Bonchev–Trinajstić information content (AvgIpc) is 2.56. The van der Waals surface area contributed by atoms with Gasteiger partial charge in [0.25, 0.3) is 5.91 Å². The van der Waals surface area contributed by atoms with E-state index >= 15 is 0 Å². The molecule has 0 aliphatic carbocycles. The molecule has 0 saturated carbocycles. The van der Waals surface area contributed by atoms with Crippen molar-refractivity contribution >= 4 is 16.9 Å². The summed E-state index contributed by atoms with van der Waals surface area (Å²) < 4.78 is 5.23. The third-order valence-corrected chi connectivity index (χ3v) is 4.13. The van der Waals surface area contributed by atoms with Crippen molar-refractivity contribution in [3.8, 4) is 0 Å². The van der Waals surface area contributed by atoms with Gasteiger partial charge in [0.05, 0.1) is 6.04 Å². The highest BCUT2D eigenvalue weighted by atomic mass is 16.4. The van der Waals surface area contributed by atoms with Crippen molar-refractivity contribution in [3.63, 3.8) is 0 Å². The fourth-order valence-corrected chi connectivity index (χ4v) is 2.80. The highest BCUT2D eigenvalue weighted by Gasteiger charge is 2.17. The fourth-order valence-electron chi connectivity index (χ4n) is 2.80. The molecule has 0 aliphatic heterocycles. The lowest BCUT2D eigenvalue weighted by atomic mass is 10.00. The molecule has 24 heavy (non-hydrogen) atoms. The third kappa shape index (κ3) is 3.08. The Morgan fingerprint density at radius 2 is 1.83 bits per heavy atom. The number of rotatable bonds is 3. The first-order chi connectivity index (χ1) is 11.5. The number of aryl methyl sites for hydroxylation is 2. The van der Waals surface area contributed by atoms with Crippen LogP contribution in [-0.4, -0.2) is 5.91 Å². The molecule has 4 nitrogen and oxygen atoms in total. The lowest BCUT2D eigenvalue weighted by molar-refractivity contribution is 0.0936. The number of carbonyl (C=O) groups is 1. The number of benzene rings is 2. The Hall–Kier alpha value is -2.88. The third-order valence-electron chi connectivity index (χ3n) is 4.13. The highest BCUT2D eigenvalue weighted by molar-refractivity contribution is 5.96. The molecular formula is C20H19NO3. The summed E-state index contributed by atoms with van der Waals surface area (Å²) in [6.45, 7) is 5.92. The number of nitrogens with one attached hydrogen (secondary N) is 1. The van der Waals surface area contributed by atoms with Gasteiger partial charge in [0.2, 0.25) is 0 Å². The van der Waals surface area contributed by atoms with Crippen LogP contribution in [0.3, 0.4) is 0 Å². The smallest absolute Gasteiger partial charge is 0.349 e. The second-order valence-corrected chi connectivity index (χ2v) is 6.04. The molecule has 0 unspecified atom stereocenters. The lowest BCUT2D eigenvalue weighted by Crippen LogP contribution is -2.30. The quantitative estimate of drug-likeness (QED) is 0.744. The molecule has 3 aromatic rings. The van der Waals surface area contributed by atoms with Crippen LogP contribution in [0.1, 0.15) is 40.0 Å². The van der Waals surface area contributed by atoms with Crippen molar-refractivity contribution in [2.45, 2.75) is 26.8 Å². The zero-order valence-corrected chi connectivity index (χ0v) is 13.9. The van der Waals surface area contributed by atoms with E-state index in [1.165, 1.54) is 0 Å². The van der Waals surface area contributed by atoms with Crippen molar-refractivity contribution in [2.75, 3.05) is 0 Å². The van der Waals surface area contributed by atoms with Crippen molar-refractivity contribution in [1.82, 2.24) is 5.32 Å². The van der Waals surface area contributed by atoms with Crippen LogP contribution >= 0.6 is 0 Å². The van der Waals surface area contributed by atoms with Crippen LogP contribution in [0.5, 0.6) is 0 Å². The number of carbonyl (C=O) groups excluding carboxylic acids is 1. The van der Waals surface area contributed by atoms with Crippen LogP contribution in [0.2, 0.25) is 0 Å². The standard InChI is InChI=1S/C20H19NO3/c1-12-8-9-13(2)16(10-12)14(3)21-19(22)17-11-15-6-4-5-7-18(15)24-20(17)23/h4-11,14H,1-3H3,(H,21,22)/t14-/m0/s1. The predicted molar refractivity (Wildman–Crippen MR) is 94.3 cm³/mol. The number of fused-ring (bicyclic) bond motifs is 1. The molecule has 122 valence electrons. The zero-order chi connectivity index (χ0) is 17.3. The maximum Gasteiger partial charge on any atom is 0.349 e. The van der Waals surface area contributed by atoms with Crippen molar-refractivity contribution in [3.05, 3.63) is 81.2 Å². The minimum Gasteiger partial charge on any atom is -0.422 e. The Balaban J connectivity index is 1.91. The molecule has 0 saturated heterocycles. The summed E-state index contributed by atoms with van der Waals surface area (Å²) in [5.74, 6) is -0.428. The van der Waals surface area contributed by atoms with Gasteiger partial charge >= 0.3 is 5.63 Å². The SMILES string of the molecule is Cc1ccc(C)c([C@H](C)NC(=O)c2cc3ccccc3oc2=O)c1. The van der Waals surface area contributed by atoms with Gasteiger partial charge in [-0.1, -0.05) is 42.0 Å². The molecule has 0 aliphatic rings. The van der Waals surface area contributed by atoms with E-state index in [-0.39, 0.29) is 11.6 Å². The Labute approximate surface area is 140 Å². The van der Waals surface area contributed by atoms with Crippen LogP contribution in [0.4, 0.5) is 0 Å². The van der Waals surface area contributed by atoms with Crippen LogP contribution < -0.4 is 10.9 Å². The molecule has 1 N–H and O–H groups in total. The second-order valence-electron chi connectivity index (χ2n) is 6.04. The van der Waals surface area contributed by atoms with Gasteiger partial charge in [-0.25, -0.2) is 4.79 Å². The molecule has 2 aromatic carbocycles. The van der Waals surface area contributed by atoms with Crippen molar-refractivity contribution in [2.24, 2.45) is 0 Å². The molecule has 0 fully saturated rings. The summed E-state index contributed by atoms with van der Waals surface area (Å²) in [5, 5.41) is 3.61. The highest BCUT2D eigenvalue weighted by Crippen LogP contribution is 2.19.